The first-order chi connectivity index (χ1) is 16.1. The predicted octanol–water partition coefficient (Wildman–Crippen LogP) is 4.25. The van der Waals surface area contributed by atoms with Crippen LogP contribution in [0.4, 0.5) is 11.4 Å². The van der Waals surface area contributed by atoms with Gasteiger partial charge in [-0.1, -0.05) is 24.6 Å². The first-order valence-corrected chi connectivity index (χ1v) is 12.4. The SMILES string of the molecule is CCCC(NC(=O)CCc1nc(-c2ccsc2)no1)C(=O)Nc1cccc(N2CCCC2)c1. The van der Waals surface area contributed by atoms with Crippen molar-refractivity contribution in [1.29, 1.82) is 0 Å². The average molecular weight is 468 g/mol. The number of carbonyl (C=O) groups excluding carboxylic acids is 2. The average Bonchev–Trinajstić information content (AvgIpc) is 3.60. The van der Waals surface area contributed by atoms with Gasteiger partial charge in [-0.25, -0.2) is 0 Å². The van der Waals surface area contributed by atoms with Gasteiger partial charge in [-0.2, -0.15) is 16.3 Å². The van der Waals surface area contributed by atoms with E-state index in [4.69, 9.17) is 4.52 Å². The van der Waals surface area contributed by atoms with Crippen LogP contribution in [0.15, 0.2) is 45.6 Å². The second-order valence-electron chi connectivity index (χ2n) is 8.17. The summed E-state index contributed by atoms with van der Waals surface area (Å²) in [5.74, 6) is 0.499. The van der Waals surface area contributed by atoms with Crippen molar-refractivity contribution >= 4 is 34.5 Å². The Bertz CT molecular complexity index is 1060. The summed E-state index contributed by atoms with van der Waals surface area (Å²) in [6.45, 7) is 4.08. The first kappa shape index (κ1) is 23.0. The fourth-order valence-corrected chi connectivity index (χ4v) is 4.53. The van der Waals surface area contributed by atoms with Crippen LogP contribution in [0.5, 0.6) is 0 Å². The van der Waals surface area contributed by atoms with Gasteiger partial charge in [0.1, 0.15) is 6.04 Å². The van der Waals surface area contributed by atoms with E-state index in [1.807, 2.05) is 41.9 Å². The molecule has 0 saturated carbocycles. The largest absolute Gasteiger partial charge is 0.371 e. The third-order valence-electron chi connectivity index (χ3n) is 5.63. The third kappa shape index (κ3) is 6.19. The summed E-state index contributed by atoms with van der Waals surface area (Å²) < 4.78 is 5.25. The molecule has 1 saturated heterocycles. The molecule has 2 aromatic heterocycles. The number of benzene rings is 1. The molecule has 3 heterocycles. The van der Waals surface area contributed by atoms with E-state index in [1.54, 1.807) is 11.3 Å². The summed E-state index contributed by atoms with van der Waals surface area (Å²) >= 11 is 1.56. The minimum absolute atomic E-state index is 0.170. The number of thiophene rings is 1. The molecule has 1 aliphatic rings. The third-order valence-corrected chi connectivity index (χ3v) is 6.31. The number of hydrogen-bond donors (Lipinski definition) is 2. The van der Waals surface area contributed by atoms with E-state index in [2.05, 4.69) is 31.7 Å². The van der Waals surface area contributed by atoms with E-state index in [-0.39, 0.29) is 18.2 Å². The van der Waals surface area contributed by atoms with Crippen molar-refractivity contribution in [3.05, 3.63) is 47.0 Å². The van der Waals surface area contributed by atoms with Gasteiger partial charge in [-0.05, 0) is 48.9 Å². The Morgan fingerprint density at radius 1 is 1.24 bits per heavy atom. The van der Waals surface area contributed by atoms with E-state index >= 15 is 0 Å². The second kappa shape index (κ2) is 11.1. The molecule has 33 heavy (non-hydrogen) atoms. The molecule has 0 bridgehead atoms. The number of anilines is 2. The molecule has 174 valence electrons. The normalized spacial score (nSPS) is 14.3. The van der Waals surface area contributed by atoms with Crippen molar-refractivity contribution in [2.75, 3.05) is 23.3 Å². The minimum atomic E-state index is -0.595. The van der Waals surface area contributed by atoms with Gasteiger partial charge >= 0.3 is 0 Å². The van der Waals surface area contributed by atoms with Crippen molar-refractivity contribution in [2.45, 2.75) is 51.5 Å². The quantitative estimate of drug-likeness (QED) is 0.462. The molecule has 8 nitrogen and oxygen atoms in total. The number of nitrogens with zero attached hydrogens (tertiary/aromatic N) is 3. The smallest absolute Gasteiger partial charge is 0.246 e. The highest BCUT2D eigenvalue weighted by Crippen LogP contribution is 2.23. The number of carbonyl (C=O) groups is 2. The Hall–Kier alpha value is -3.20. The molecule has 0 aliphatic carbocycles. The van der Waals surface area contributed by atoms with Gasteiger partial charge in [0.15, 0.2) is 0 Å². The zero-order valence-corrected chi connectivity index (χ0v) is 19.6. The first-order valence-electron chi connectivity index (χ1n) is 11.4. The number of nitrogens with one attached hydrogen (secondary N) is 2. The molecule has 2 amide bonds. The van der Waals surface area contributed by atoms with E-state index < -0.39 is 6.04 Å². The molecule has 1 aromatic carbocycles. The van der Waals surface area contributed by atoms with Crippen molar-refractivity contribution in [3.8, 4) is 11.4 Å². The number of aryl methyl sites for hydroxylation is 1. The summed E-state index contributed by atoms with van der Waals surface area (Å²) in [5, 5.41) is 13.7. The molecule has 1 aliphatic heterocycles. The van der Waals surface area contributed by atoms with Crippen LogP contribution < -0.4 is 15.5 Å². The molecule has 4 rings (SSSR count). The molecular formula is C24H29N5O3S. The Labute approximate surface area is 197 Å². The lowest BCUT2D eigenvalue weighted by Crippen LogP contribution is -2.43. The van der Waals surface area contributed by atoms with Gasteiger partial charge in [-0.3, -0.25) is 9.59 Å². The van der Waals surface area contributed by atoms with Gasteiger partial charge in [0.2, 0.25) is 23.5 Å². The standard InChI is InChI=1S/C24H29N5O3S/c1-2-6-20(24(31)25-18-7-5-8-19(15-18)29-12-3-4-13-29)26-21(30)9-10-22-27-23(28-32-22)17-11-14-33-16-17/h5,7-8,11,14-16,20H,2-4,6,9-10,12-13H2,1H3,(H,25,31)(H,26,30). The highest BCUT2D eigenvalue weighted by atomic mass is 32.1. The maximum absolute atomic E-state index is 12.9. The zero-order valence-electron chi connectivity index (χ0n) is 18.8. The van der Waals surface area contributed by atoms with Gasteiger partial charge < -0.3 is 20.1 Å². The van der Waals surface area contributed by atoms with Crippen molar-refractivity contribution in [3.63, 3.8) is 0 Å². The molecule has 0 radical (unpaired) electrons. The highest BCUT2D eigenvalue weighted by molar-refractivity contribution is 7.08. The topological polar surface area (TPSA) is 100 Å². The van der Waals surface area contributed by atoms with Gasteiger partial charge in [0, 0.05) is 48.2 Å². The van der Waals surface area contributed by atoms with Crippen LogP contribution >= 0.6 is 11.3 Å². The number of hydrogen-bond acceptors (Lipinski definition) is 7. The van der Waals surface area contributed by atoms with Crippen molar-refractivity contribution < 1.29 is 14.1 Å². The molecule has 0 spiro atoms. The van der Waals surface area contributed by atoms with Crippen LogP contribution in [0.1, 0.15) is 44.9 Å². The Balaban J connectivity index is 1.30. The van der Waals surface area contributed by atoms with Crippen LogP contribution in [0, 0.1) is 0 Å². The molecule has 1 fully saturated rings. The summed E-state index contributed by atoms with van der Waals surface area (Å²) in [5.41, 5.74) is 2.75. The van der Waals surface area contributed by atoms with E-state index in [9.17, 15) is 9.59 Å². The summed E-state index contributed by atoms with van der Waals surface area (Å²) in [6.07, 6.45) is 4.22. The van der Waals surface area contributed by atoms with E-state index in [0.29, 0.717) is 24.6 Å². The van der Waals surface area contributed by atoms with Crippen LogP contribution in [-0.4, -0.2) is 41.1 Å². The summed E-state index contributed by atoms with van der Waals surface area (Å²) in [6, 6.07) is 9.21. The maximum Gasteiger partial charge on any atom is 0.246 e. The number of amides is 2. The Kier molecular flexibility index (Phi) is 7.72. The minimum Gasteiger partial charge on any atom is -0.371 e. The fourth-order valence-electron chi connectivity index (χ4n) is 3.89. The molecule has 1 unspecified atom stereocenters. The van der Waals surface area contributed by atoms with Crippen LogP contribution in [0.2, 0.25) is 0 Å². The Morgan fingerprint density at radius 3 is 2.85 bits per heavy atom. The fraction of sp³-hybridized carbons (Fsp3) is 0.417. The highest BCUT2D eigenvalue weighted by Gasteiger charge is 2.21. The Morgan fingerprint density at radius 2 is 2.09 bits per heavy atom. The van der Waals surface area contributed by atoms with Gasteiger partial charge in [0.05, 0.1) is 0 Å². The van der Waals surface area contributed by atoms with Crippen molar-refractivity contribution in [1.82, 2.24) is 15.5 Å². The zero-order chi connectivity index (χ0) is 23.0. The molecule has 1 atom stereocenters. The van der Waals surface area contributed by atoms with Gasteiger partial charge in [0.25, 0.3) is 0 Å². The summed E-state index contributed by atoms with van der Waals surface area (Å²) in [4.78, 5) is 32.1. The summed E-state index contributed by atoms with van der Waals surface area (Å²) in [7, 11) is 0. The van der Waals surface area contributed by atoms with E-state index in [1.165, 1.54) is 12.8 Å². The monoisotopic (exact) mass is 467 g/mol. The van der Waals surface area contributed by atoms with Crippen LogP contribution in [0.25, 0.3) is 11.4 Å². The molecular weight excluding hydrogens is 438 g/mol. The number of aromatic nitrogens is 2. The van der Waals surface area contributed by atoms with Crippen molar-refractivity contribution in [2.24, 2.45) is 0 Å². The predicted molar refractivity (Wildman–Crippen MR) is 129 cm³/mol. The van der Waals surface area contributed by atoms with Gasteiger partial charge in [-0.15, -0.1) is 0 Å². The lowest BCUT2D eigenvalue weighted by molar-refractivity contribution is -0.126. The molecule has 9 heteroatoms. The maximum atomic E-state index is 12.9. The van der Waals surface area contributed by atoms with Crippen LogP contribution in [-0.2, 0) is 16.0 Å². The van der Waals surface area contributed by atoms with Crippen LogP contribution in [0.3, 0.4) is 0 Å². The molecule has 3 aromatic rings. The number of rotatable bonds is 10. The second-order valence-corrected chi connectivity index (χ2v) is 8.95. The lowest BCUT2D eigenvalue weighted by atomic mass is 10.1. The lowest BCUT2D eigenvalue weighted by Gasteiger charge is -2.20. The van der Waals surface area contributed by atoms with E-state index in [0.717, 1.165) is 36.4 Å². The molecule has 2 N–H and O–H groups in total.